The Labute approximate surface area is 581 Å². The number of unbranched alkanes of at least 4 members (excludes halogenated alkanes) is 45. The molecule has 2 unspecified atom stereocenters. The molecule has 0 spiro atoms. The number of ether oxygens (including phenoxy) is 4. The summed E-state index contributed by atoms with van der Waals surface area (Å²) in [6.07, 6.45) is 55.4. The van der Waals surface area contributed by atoms with Gasteiger partial charge in [-0.2, -0.15) is 0 Å². The van der Waals surface area contributed by atoms with Crippen molar-refractivity contribution in [2.24, 2.45) is 11.8 Å². The Hall–Kier alpha value is -1.94. The van der Waals surface area contributed by atoms with Crippen LogP contribution < -0.4 is 0 Å². The molecule has 0 saturated heterocycles. The fraction of sp³-hybridized carbons (Fsp3) is 0.947. The molecule has 0 aliphatic rings. The molecular weight excluding hydrogens is 1250 g/mol. The van der Waals surface area contributed by atoms with Crippen molar-refractivity contribution in [3.8, 4) is 0 Å². The quantitative estimate of drug-likeness (QED) is 0.0222. The van der Waals surface area contributed by atoms with E-state index in [-0.39, 0.29) is 25.7 Å². The number of phosphoric acid groups is 2. The van der Waals surface area contributed by atoms with Crippen LogP contribution in [-0.4, -0.2) is 96.7 Å². The van der Waals surface area contributed by atoms with E-state index in [2.05, 4.69) is 41.5 Å². The van der Waals surface area contributed by atoms with Crippen LogP contribution in [0.1, 0.15) is 395 Å². The van der Waals surface area contributed by atoms with E-state index < -0.39 is 97.5 Å². The van der Waals surface area contributed by atoms with E-state index in [9.17, 15) is 43.2 Å². The smallest absolute Gasteiger partial charge is 0.462 e. The molecule has 95 heavy (non-hydrogen) atoms. The van der Waals surface area contributed by atoms with Gasteiger partial charge in [-0.1, -0.05) is 343 Å². The van der Waals surface area contributed by atoms with E-state index in [0.29, 0.717) is 25.7 Å². The summed E-state index contributed by atoms with van der Waals surface area (Å²) in [6, 6.07) is 0. The lowest BCUT2D eigenvalue weighted by Gasteiger charge is -2.21. The second-order valence-corrected chi connectivity index (χ2v) is 31.3. The van der Waals surface area contributed by atoms with Crippen molar-refractivity contribution in [2.45, 2.75) is 413 Å². The van der Waals surface area contributed by atoms with Gasteiger partial charge in [-0.25, -0.2) is 9.13 Å². The maximum absolute atomic E-state index is 13.1. The van der Waals surface area contributed by atoms with E-state index in [1.807, 2.05) is 0 Å². The Morgan fingerprint density at radius 1 is 0.284 bits per heavy atom. The highest BCUT2D eigenvalue weighted by Crippen LogP contribution is 2.45. The lowest BCUT2D eigenvalue weighted by molar-refractivity contribution is -0.161. The Bertz CT molecular complexity index is 1840. The molecule has 0 aromatic heterocycles. The standard InChI is InChI=1S/C76H148O17P2/c1-7-9-11-13-15-17-19-20-21-22-23-24-25-27-36-42-48-54-60-75(80)92-71(65-87-74(79)59-53-47-41-35-30-28-32-38-44-50-56-68(3)4)66-90-94(82,83)88-62-70(77)63-89-95(84,85)91-67-72(64-86-73(78)58-52-46-40-34-26-18-16-14-12-10-8-2)93-76(81)61-55-49-43-37-31-29-33-39-45-51-57-69(5)6/h68-72,77H,7-67H2,1-6H3,(H,82,83)(H,84,85)/t70-,71-,72-/m1/s1. The summed E-state index contributed by atoms with van der Waals surface area (Å²) in [5, 5.41) is 10.6. The Kier molecular flexibility index (Phi) is 66.5. The summed E-state index contributed by atoms with van der Waals surface area (Å²) >= 11 is 0. The van der Waals surface area contributed by atoms with Gasteiger partial charge in [0.25, 0.3) is 0 Å². The molecule has 19 heteroatoms. The Morgan fingerprint density at radius 2 is 0.484 bits per heavy atom. The summed E-state index contributed by atoms with van der Waals surface area (Å²) in [5.74, 6) is -0.604. The van der Waals surface area contributed by atoms with Crippen molar-refractivity contribution >= 4 is 39.5 Å². The van der Waals surface area contributed by atoms with E-state index in [1.165, 1.54) is 212 Å². The van der Waals surface area contributed by atoms with Crippen molar-refractivity contribution in [3.63, 3.8) is 0 Å². The average molecular weight is 1400 g/mol. The van der Waals surface area contributed by atoms with Crippen LogP contribution in [0.3, 0.4) is 0 Å². The molecule has 17 nitrogen and oxygen atoms in total. The molecule has 0 rings (SSSR count). The average Bonchev–Trinajstić information content (AvgIpc) is 2.50. The molecule has 564 valence electrons. The van der Waals surface area contributed by atoms with Crippen molar-refractivity contribution < 1.29 is 80.2 Å². The summed E-state index contributed by atoms with van der Waals surface area (Å²) in [4.78, 5) is 72.8. The number of aliphatic hydroxyl groups excluding tert-OH is 1. The number of carbonyl (C=O) groups excluding carboxylic acids is 4. The van der Waals surface area contributed by atoms with E-state index >= 15 is 0 Å². The molecule has 0 aromatic carbocycles. The van der Waals surface area contributed by atoms with Gasteiger partial charge in [0.05, 0.1) is 26.4 Å². The molecule has 0 fully saturated rings. The molecule has 0 heterocycles. The highest BCUT2D eigenvalue weighted by Gasteiger charge is 2.30. The number of hydrogen-bond acceptors (Lipinski definition) is 15. The molecule has 0 aliphatic heterocycles. The first-order chi connectivity index (χ1) is 45.9. The maximum atomic E-state index is 13.1. The second kappa shape index (κ2) is 67.9. The summed E-state index contributed by atoms with van der Waals surface area (Å²) < 4.78 is 68.5. The molecule has 0 saturated carbocycles. The van der Waals surface area contributed by atoms with E-state index in [1.54, 1.807) is 0 Å². The Balaban J connectivity index is 5.24. The fourth-order valence-electron chi connectivity index (χ4n) is 11.7. The summed E-state index contributed by atoms with van der Waals surface area (Å²) in [6.45, 7) is 9.58. The third kappa shape index (κ3) is 70.3. The normalized spacial score (nSPS) is 14.0. The first-order valence-electron chi connectivity index (χ1n) is 39.5. The van der Waals surface area contributed by atoms with Crippen LogP contribution in [0.2, 0.25) is 0 Å². The maximum Gasteiger partial charge on any atom is 0.472 e. The fourth-order valence-corrected chi connectivity index (χ4v) is 13.2. The van der Waals surface area contributed by atoms with Gasteiger partial charge < -0.3 is 33.8 Å². The van der Waals surface area contributed by atoms with Gasteiger partial charge in [0.1, 0.15) is 19.3 Å². The third-order valence-electron chi connectivity index (χ3n) is 17.7. The Morgan fingerprint density at radius 3 is 0.716 bits per heavy atom. The van der Waals surface area contributed by atoms with E-state index in [0.717, 1.165) is 102 Å². The third-order valence-corrected chi connectivity index (χ3v) is 19.6. The van der Waals surface area contributed by atoms with Gasteiger partial charge in [0.2, 0.25) is 0 Å². The van der Waals surface area contributed by atoms with Crippen LogP contribution in [0.25, 0.3) is 0 Å². The number of rotatable bonds is 75. The number of aliphatic hydroxyl groups is 1. The first-order valence-corrected chi connectivity index (χ1v) is 42.5. The van der Waals surface area contributed by atoms with Gasteiger partial charge >= 0.3 is 39.5 Å². The molecule has 5 atom stereocenters. The molecule has 0 bridgehead atoms. The van der Waals surface area contributed by atoms with E-state index in [4.69, 9.17) is 37.0 Å². The highest BCUT2D eigenvalue weighted by molar-refractivity contribution is 7.47. The van der Waals surface area contributed by atoms with Crippen molar-refractivity contribution in [2.75, 3.05) is 39.6 Å². The predicted molar refractivity (Wildman–Crippen MR) is 386 cm³/mol. The largest absolute Gasteiger partial charge is 0.472 e. The molecule has 0 aliphatic carbocycles. The van der Waals surface area contributed by atoms with Crippen LogP contribution in [-0.2, 0) is 65.4 Å². The molecule has 0 aromatic rings. The van der Waals surface area contributed by atoms with Crippen LogP contribution in [0.5, 0.6) is 0 Å². The zero-order chi connectivity index (χ0) is 70.0. The minimum atomic E-state index is -4.96. The number of carbonyl (C=O) groups is 4. The second-order valence-electron chi connectivity index (χ2n) is 28.3. The lowest BCUT2D eigenvalue weighted by Crippen LogP contribution is -2.30. The number of esters is 4. The highest BCUT2D eigenvalue weighted by atomic mass is 31.2. The van der Waals surface area contributed by atoms with Crippen molar-refractivity contribution in [3.05, 3.63) is 0 Å². The molecule has 0 amide bonds. The monoisotopic (exact) mass is 1400 g/mol. The number of hydrogen-bond donors (Lipinski definition) is 3. The van der Waals surface area contributed by atoms with Gasteiger partial charge in [-0.3, -0.25) is 37.3 Å². The predicted octanol–water partition coefficient (Wildman–Crippen LogP) is 22.3. The lowest BCUT2D eigenvalue weighted by atomic mass is 10.0. The minimum absolute atomic E-state index is 0.106. The first kappa shape index (κ1) is 93.1. The van der Waals surface area contributed by atoms with Crippen molar-refractivity contribution in [1.29, 1.82) is 0 Å². The summed E-state index contributed by atoms with van der Waals surface area (Å²) in [5.41, 5.74) is 0. The molecular formula is C76H148O17P2. The van der Waals surface area contributed by atoms with Crippen LogP contribution in [0.15, 0.2) is 0 Å². The SMILES string of the molecule is CCCCCCCCCCCCCCCCCCCCC(=O)O[C@H](COC(=O)CCCCCCCCCCCCC(C)C)COP(=O)(O)OC[C@@H](O)COP(=O)(O)OC[C@@H](COC(=O)CCCCCCCCCCCCC)OC(=O)CCCCCCCCCCCCC(C)C. The minimum Gasteiger partial charge on any atom is -0.462 e. The van der Waals surface area contributed by atoms with Gasteiger partial charge in [-0.05, 0) is 37.5 Å². The number of phosphoric ester groups is 2. The molecule has 3 N–H and O–H groups in total. The zero-order valence-electron chi connectivity index (χ0n) is 62.0. The topological polar surface area (TPSA) is 237 Å². The summed E-state index contributed by atoms with van der Waals surface area (Å²) in [7, 11) is -9.91. The van der Waals surface area contributed by atoms with Crippen LogP contribution in [0.4, 0.5) is 0 Å². The van der Waals surface area contributed by atoms with Gasteiger partial charge in [0.15, 0.2) is 12.2 Å². The van der Waals surface area contributed by atoms with Gasteiger partial charge in [-0.15, -0.1) is 0 Å². The zero-order valence-corrected chi connectivity index (χ0v) is 63.8. The van der Waals surface area contributed by atoms with Gasteiger partial charge in [0, 0.05) is 25.7 Å². The molecule has 0 radical (unpaired) electrons. The van der Waals surface area contributed by atoms with Crippen LogP contribution in [0, 0.1) is 11.8 Å². The van der Waals surface area contributed by atoms with Crippen LogP contribution >= 0.6 is 15.6 Å². The van der Waals surface area contributed by atoms with Crippen molar-refractivity contribution in [1.82, 2.24) is 0 Å².